The second-order valence-electron chi connectivity index (χ2n) is 10.2. The van der Waals surface area contributed by atoms with Gasteiger partial charge in [-0.3, -0.25) is 0 Å². The highest BCUT2D eigenvalue weighted by molar-refractivity contribution is 5.78. The molecule has 2 aromatic heterocycles. The standard InChI is InChI=1S/C31H38N4O4/c1-5-30-32-18-26(34-30)24-8-6-22-16-28(24)38-14-12-36-10-11-37-13-15-39-29-17-23(22)7-9-25(29)27-19-33-31(35-27)21(4)20(2)3/h6-9,16-21H,5,10-15H2,1-4H3,(H,32,34)(H,33,35)/t21-/m1/s1. The Bertz CT molecular complexity index is 1380. The van der Waals surface area contributed by atoms with Crippen molar-refractivity contribution in [3.8, 4) is 45.1 Å². The molecule has 206 valence electrons. The number of rotatable bonds is 5. The van der Waals surface area contributed by atoms with Crippen molar-refractivity contribution in [1.29, 1.82) is 0 Å². The summed E-state index contributed by atoms with van der Waals surface area (Å²) < 4.78 is 23.9. The number of hydrogen-bond acceptors (Lipinski definition) is 6. The minimum absolute atomic E-state index is 0.330. The molecule has 0 spiro atoms. The van der Waals surface area contributed by atoms with Crippen molar-refractivity contribution in [2.45, 2.75) is 40.0 Å². The number of aromatic nitrogens is 4. The van der Waals surface area contributed by atoms with Crippen molar-refractivity contribution in [1.82, 2.24) is 19.9 Å². The van der Waals surface area contributed by atoms with Gasteiger partial charge in [0.05, 0.1) is 50.2 Å². The van der Waals surface area contributed by atoms with Gasteiger partial charge in [0, 0.05) is 23.5 Å². The second kappa shape index (κ2) is 12.5. The highest BCUT2D eigenvalue weighted by Gasteiger charge is 2.18. The fourth-order valence-corrected chi connectivity index (χ4v) is 4.53. The van der Waals surface area contributed by atoms with Crippen molar-refractivity contribution in [2.75, 3.05) is 39.6 Å². The van der Waals surface area contributed by atoms with E-state index in [4.69, 9.17) is 18.9 Å². The van der Waals surface area contributed by atoms with Crippen LogP contribution in [-0.2, 0) is 15.9 Å². The molecular formula is C31H38N4O4. The first-order valence-corrected chi connectivity index (χ1v) is 13.8. The van der Waals surface area contributed by atoms with Crippen LogP contribution in [0.15, 0.2) is 48.8 Å². The summed E-state index contributed by atoms with van der Waals surface area (Å²) in [4.78, 5) is 16.1. The molecule has 39 heavy (non-hydrogen) atoms. The molecule has 1 aliphatic heterocycles. The molecule has 0 aliphatic carbocycles. The third kappa shape index (κ3) is 6.34. The largest absolute Gasteiger partial charge is 0.490 e. The number of nitrogens with one attached hydrogen (secondary N) is 2. The lowest BCUT2D eigenvalue weighted by Crippen LogP contribution is -2.14. The van der Waals surface area contributed by atoms with Gasteiger partial charge in [0.15, 0.2) is 0 Å². The highest BCUT2D eigenvalue weighted by Crippen LogP contribution is 2.38. The molecule has 2 aromatic carbocycles. The number of imidazole rings is 2. The fourth-order valence-electron chi connectivity index (χ4n) is 4.53. The van der Waals surface area contributed by atoms with Crippen LogP contribution in [-0.4, -0.2) is 59.6 Å². The molecule has 5 rings (SSSR count). The zero-order chi connectivity index (χ0) is 27.2. The number of aromatic amines is 2. The first-order chi connectivity index (χ1) is 19.0. The minimum atomic E-state index is 0.330. The van der Waals surface area contributed by atoms with Gasteiger partial charge in [-0.2, -0.15) is 0 Å². The number of aryl methyl sites for hydroxylation is 1. The first-order valence-electron chi connectivity index (χ1n) is 13.8. The van der Waals surface area contributed by atoms with Gasteiger partial charge in [-0.15, -0.1) is 0 Å². The van der Waals surface area contributed by atoms with Crippen LogP contribution in [0.25, 0.3) is 33.6 Å². The van der Waals surface area contributed by atoms with Crippen molar-refractivity contribution in [3.05, 3.63) is 60.4 Å². The first kappa shape index (κ1) is 27.0. The number of hydrogen-bond donors (Lipinski definition) is 2. The zero-order valence-electron chi connectivity index (χ0n) is 23.3. The van der Waals surface area contributed by atoms with Gasteiger partial charge in [-0.25, -0.2) is 9.97 Å². The maximum atomic E-state index is 6.27. The number of fused-ring (bicyclic) bond motifs is 5. The summed E-state index contributed by atoms with van der Waals surface area (Å²) in [5.74, 6) is 4.30. The van der Waals surface area contributed by atoms with Crippen LogP contribution >= 0.6 is 0 Å². The number of H-pyrrole nitrogens is 2. The molecule has 1 atom stereocenters. The molecule has 3 heterocycles. The average molecular weight is 531 g/mol. The molecule has 1 aliphatic rings. The van der Waals surface area contributed by atoms with Crippen LogP contribution in [0.2, 0.25) is 0 Å². The van der Waals surface area contributed by atoms with Gasteiger partial charge in [0.1, 0.15) is 36.4 Å². The molecule has 8 heteroatoms. The Morgan fingerprint density at radius 2 is 1.26 bits per heavy atom. The van der Waals surface area contributed by atoms with Crippen molar-refractivity contribution in [2.24, 2.45) is 5.92 Å². The predicted octanol–water partition coefficient (Wildman–Crippen LogP) is 6.26. The Hall–Kier alpha value is -3.62. The SMILES string of the molecule is CCc1ncc(-c2ccc3cc2OCCOCCOCCOc2cc-3ccc2-c2cnc([C@H](C)C(C)C)[nH]2)[nH]1. The molecule has 0 saturated heterocycles. The van der Waals surface area contributed by atoms with Crippen LogP contribution in [0.4, 0.5) is 0 Å². The molecule has 0 amide bonds. The van der Waals surface area contributed by atoms with Crippen LogP contribution in [0.1, 0.15) is 45.3 Å². The van der Waals surface area contributed by atoms with Crippen LogP contribution in [0, 0.1) is 5.92 Å². The second-order valence-corrected chi connectivity index (χ2v) is 10.2. The number of ether oxygens (including phenoxy) is 4. The van der Waals surface area contributed by atoms with Gasteiger partial charge in [-0.1, -0.05) is 39.8 Å². The third-order valence-electron chi connectivity index (χ3n) is 7.21. The summed E-state index contributed by atoms with van der Waals surface area (Å²) in [6.45, 7) is 11.5. The summed E-state index contributed by atoms with van der Waals surface area (Å²) >= 11 is 0. The Balaban J connectivity index is 1.53. The lowest BCUT2D eigenvalue weighted by atomic mass is 9.97. The quantitative estimate of drug-likeness (QED) is 0.316. The van der Waals surface area contributed by atoms with E-state index in [1.54, 1.807) is 0 Å². The fraction of sp³-hybridized carbons (Fsp3) is 0.419. The summed E-state index contributed by atoms with van der Waals surface area (Å²) in [6.07, 6.45) is 4.60. The molecule has 4 aromatic rings. The Labute approximate surface area is 230 Å². The topological polar surface area (TPSA) is 94.3 Å². The molecule has 2 N–H and O–H groups in total. The van der Waals surface area contributed by atoms with Crippen molar-refractivity contribution < 1.29 is 18.9 Å². The molecule has 8 nitrogen and oxygen atoms in total. The van der Waals surface area contributed by atoms with E-state index in [0.29, 0.717) is 51.5 Å². The van der Waals surface area contributed by atoms with Crippen LogP contribution < -0.4 is 9.47 Å². The van der Waals surface area contributed by atoms with E-state index in [9.17, 15) is 0 Å². The van der Waals surface area contributed by atoms with Crippen LogP contribution in [0.5, 0.6) is 11.5 Å². The maximum absolute atomic E-state index is 6.27. The van der Waals surface area contributed by atoms with Crippen molar-refractivity contribution in [3.63, 3.8) is 0 Å². The van der Waals surface area contributed by atoms with E-state index in [1.807, 2.05) is 12.4 Å². The van der Waals surface area contributed by atoms with Gasteiger partial charge < -0.3 is 28.9 Å². The monoisotopic (exact) mass is 530 g/mol. The van der Waals surface area contributed by atoms with E-state index >= 15 is 0 Å². The highest BCUT2D eigenvalue weighted by atomic mass is 16.6. The minimum Gasteiger partial charge on any atom is -0.490 e. The lowest BCUT2D eigenvalue weighted by molar-refractivity contribution is 0.0274. The lowest BCUT2D eigenvalue weighted by Gasteiger charge is -2.16. The number of benzene rings is 2. The van der Waals surface area contributed by atoms with E-state index in [0.717, 1.165) is 63.2 Å². The normalized spacial score (nSPS) is 15.5. The Morgan fingerprint density at radius 3 is 1.79 bits per heavy atom. The molecule has 0 radical (unpaired) electrons. The summed E-state index contributed by atoms with van der Waals surface area (Å²) in [7, 11) is 0. The molecular weight excluding hydrogens is 492 g/mol. The summed E-state index contributed by atoms with van der Waals surface area (Å²) in [5.41, 5.74) is 5.87. The van der Waals surface area contributed by atoms with Crippen molar-refractivity contribution >= 4 is 0 Å². The molecule has 4 bridgehead atoms. The summed E-state index contributed by atoms with van der Waals surface area (Å²) in [6, 6.07) is 12.6. The molecule has 0 fully saturated rings. The Morgan fingerprint density at radius 1 is 0.718 bits per heavy atom. The van der Waals surface area contributed by atoms with E-state index in [2.05, 4.69) is 84.0 Å². The van der Waals surface area contributed by atoms with Gasteiger partial charge >= 0.3 is 0 Å². The van der Waals surface area contributed by atoms with Crippen LogP contribution in [0.3, 0.4) is 0 Å². The molecule has 0 unspecified atom stereocenters. The van der Waals surface area contributed by atoms with E-state index in [1.165, 1.54) is 0 Å². The smallest absolute Gasteiger partial charge is 0.129 e. The number of nitrogens with zero attached hydrogens (tertiary/aromatic N) is 2. The van der Waals surface area contributed by atoms with Gasteiger partial charge in [0.25, 0.3) is 0 Å². The van der Waals surface area contributed by atoms with Gasteiger partial charge in [0.2, 0.25) is 0 Å². The Kier molecular flexibility index (Phi) is 8.64. The zero-order valence-corrected chi connectivity index (χ0v) is 23.3. The predicted molar refractivity (Wildman–Crippen MR) is 152 cm³/mol. The van der Waals surface area contributed by atoms with Gasteiger partial charge in [-0.05, 0) is 41.3 Å². The average Bonchev–Trinajstić information content (AvgIpc) is 3.63. The third-order valence-corrected chi connectivity index (χ3v) is 7.21. The molecule has 0 saturated carbocycles. The summed E-state index contributed by atoms with van der Waals surface area (Å²) in [5, 5.41) is 0. The van der Waals surface area contributed by atoms with E-state index in [-0.39, 0.29) is 0 Å². The van der Waals surface area contributed by atoms with E-state index < -0.39 is 0 Å². The maximum Gasteiger partial charge on any atom is 0.129 e.